The molecule has 2 N–H and O–H groups in total. The minimum Gasteiger partial charge on any atom is -0.479 e. The maximum atomic E-state index is 11.8. The van der Waals surface area contributed by atoms with Crippen LogP contribution in [0.4, 0.5) is 0 Å². The molecule has 0 aliphatic rings. The minimum absolute atomic E-state index is 0.212. The Kier molecular flexibility index (Phi) is 6.02. The maximum Gasteiger partial charge on any atom is 0.330 e. The predicted molar refractivity (Wildman–Crippen MR) is 72.7 cm³/mol. The van der Waals surface area contributed by atoms with Gasteiger partial charge in [0.2, 0.25) is 5.91 Å². The molecule has 0 saturated carbocycles. The van der Waals surface area contributed by atoms with Crippen LogP contribution in [-0.2, 0) is 9.59 Å². The van der Waals surface area contributed by atoms with Crippen molar-refractivity contribution in [3.05, 3.63) is 35.9 Å². The maximum absolute atomic E-state index is 11.8. The van der Waals surface area contributed by atoms with Gasteiger partial charge in [-0.25, -0.2) is 4.79 Å². The van der Waals surface area contributed by atoms with E-state index in [1.54, 1.807) is 30.3 Å². The van der Waals surface area contributed by atoms with Gasteiger partial charge in [0.15, 0.2) is 6.04 Å². The summed E-state index contributed by atoms with van der Waals surface area (Å²) in [6.07, 6.45) is 0. The summed E-state index contributed by atoms with van der Waals surface area (Å²) in [6, 6.07) is 7.70. The van der Waals surface area contributed by atoms with Gasteiger partial charge in [-0.3, -0.25) is 9.69 Å². The predicted octanol–water partition coefficient (Wildman–Crippen LogP) is 1.27. The van der Waals surface area contributed by atoms with Crippen molar-refractivity contribution in [1.82, 2.24) is 10.2 Å². The number of carbonyl (C=O) groups is 2. The van der Waals surface area contributed by atoms with Crippen molar-refractivity contribution < 1.29 is 14.7 Å². The van der Waals surface area contributed by atoms with Gasteiger partial charge >= 0.3 is 5.97 Å². The highest BCUT2D eigenvalue weighted by Gasteiger charge is 2.22. The standard InChI is InChI=1S/C14H20N2O3/c1-3-16(4-2)10-12(17)15-13(14(18)19)11-8-6-5-7-9-11/h5-9,13H,3-4,10H2,1-2H3,(H,15,17)(H,18,19)/t13-/m1/s1. The van der Waals surface area contributed by atoms with Gasteiger partial charge in [0.1, 0.15) is 0 Å². The Morgan fingerprint density at radius 2 is 1.79 bits per heavy atom. The topological polar surface area (TPSA) is 69.6 Å². The third kappa shape index (κ3) is 4.71. The Labute approximate surface area is 113 Å². The fourth-order valence-electron chi connectivity index (χ4n) is 1.79. The molecule has 5 heteroatoms. The molecule has 5 nitrogen and oxygen atoms in total. The van der Waals surface area contributed by atoms with Crippen LogP contribution in [0.5, 0.6) is 0 Å². The molecular weight excluding hydrogens is 244 g/mol. The summed E-state index contributed by atoms with van der Waals surface area (Å²) in [6.45, 7) is 5.65. The van der Waals surface area contributed by atoms with Crippen molar-refractivity contribution in [2.75, 3.05) is 19.6 Å². The Bertz CT molecular complexity index is 416. The van der Waals surface area contributed by atoms with E-state index in [-0.39, 0.29) is 12.5 Å². The molecule has 0 saturated heterocycles. The van der Waals surface area contributed by atoms with Crippen LogP contribution in [0.1, 0.15) is 25.5 Å². The van der Waals surface area contributed by atoms with E-state index in [4.69, 9.17) is 0 Å². The Morgan fingerprint density at radius 3 is 2.26 bits per heavy atom. The van der Waals surface area contributed by atoms with Crippen LogP contribution in [0.25, 0.3) is 0 Å². The number of rotatable bonds is 7. The number of carboxylic acid groups (broad SMARTS) is 1. The second-order valence-corrected chi connectivity index (χ2v) is 4.21. The summed E-state index contributed by atoms with van der Waals surface area (Å²) in [5, 5.41) is 11.7. The molecule has 0 aliphatic heterocycles. The molecule has 1 aromatic rings. The molecule has 0 fully saturated rings. The van der Waals surface area contributed by atoms with E-state index >= 15 is 0 Å². The van der Waals surface area contributed by atoms with E-state index in [9.17, 15) is 14.7 Å². The number of carbonyl (C=O) groups excluding carboxylic acids is 1. The van der Waals surface area contributed by atoms with Crippen molar-refractivity contribution in [3.63, 3.8) is 0 Å². The number of hydrogen-bond donors (Lipinski definition) is 2. The molecule has 104 valence electrons. The van der Waals surface area contributed by atoms with Crippen molar-refractivity contribution in [3.8, 4) is 0 Å². The highest BCUT2D eigenvalue weighted by atomic mass is 16.4. The van der Waals surface area contributed by atoms with Gasteiger partial charge in [0.25, 0.3) is 0 Å². The molecule has 1 amide bonds. The van der Waals surface area contributed by atoms with Crippen LogP contribution in [0, 0.1) is 0 Å². The van der Waals surface area contributed by atoms with Crippen LogP contribution in [0.3, 0.4) is 0 Å². The van der Waals surface area contributed by atoms with Gasteiger partial charge in [-0.15, -0.1) is 0 Å². The normalized spacial score (nSPS) is 12.2. The van der Waals surface area contributed by atoms with Crippen LogP contribution in [-0.4, -0.2) is 41.5 Å². The van der Waals surface area contributed by atoms with Crippen LogP contribution in [0.15, 0.2) is 30.3 Å². The summed E-state index contributed by atoms with van der Waals surface area (Å²) >= 11 is 0. The average molecular weight is 264 g/mol. The quantitative estimate of drug-likeness (QED) is 0.778. The van der Waals surface area contributed by atoms with Crippen molar-refractivity contribution >= 4 is 11.9 Å². The second kappa shape index (κ2) is 7.53. The lowest BCUT2D eigenvalue weighted by molar-refractivity contribution is -0.142. The van der Waals surface area contributed by atoms with Crippen molar-refractivity contribution in [2.24, 2.45) is 0 Å². The molecule has 0 aliphatic carbocycles. The Balaban J connectivity index is 2.70. The van der Waals surface area contributed by atoms with E-state index in [1.165, 1.54) is 0 Å². The number of likely N-dealkylation sites (N-methyl/N-ethyl adjacent to an activating group) is 1. The summed E-state index contributed by atoms with van der Waals surface area (Å²) in [7, 11) is 0. The number of hydrogen-bond acceptors (Lipinski definition) is 3. The molecule has 0 radical (unpaired) electrons. The number of nitrogens with zero attached hydrogens (tertiary/aromatic N) is 1. The van der Waals surface area contributed by atoms with Gasteiger partial charge in [-0.05, 0) is 18.7 Å². The molecule has 0 bridgehead atoms. The molecule has 1 atom stereocenters. The second-order valence-electron chi connectivity index (χ2n) is 4.21. The van der Waals surface area contributed by atoms with Gasteiger partial charge in [-0.2, -0.15) is 0 Å². The number of aliphatic carboxylic acids is 1. The number of amides is 1. The monoisotopic (exact) mass is 264 g/mol. The van der Waals surface area contributed by atoms with Crippen LogP contribution in [0.2, 0.25) is 0 Å². The summed E-state index contributed by atoms with van der Waals surface area (Å²) in [4.78, 5) is 25.0. The van der Waals surface area contributed by atoms with Crippen molar-refractivity contribution in [2.45, 2.75) is 19.9 Å². The number of nitrogens with one attached hydrogen (secondary N) is 1. The zero-order valence-corrected chi connectivity index (χ0v) is 11.3. The van der Waals surface area contributed by atoms with Gasteiger partial charge in [0.05, 0.1) is 6.54 Å². The van der Waals surface area contributed by atoms with Crippen molar-refractivity contribution in [1.29, 1.82) is 0 Å². The largest absolute Gasteiger partial charge is 0.479 e. The lowest BCUT2D eigenvalue weighted by atomic mass is 10.1. The van der Waals surface area contributed by atoms with E-state index < -0.39 is 12.0 Å². The van der Waals surface area contributed by atoms with Crippen LogP contribution >= 0.6 is 0 Å². The number of carboxylic acids is 1. The van der Waals surface area contributed by atoms with Gasteiger partial charge in [-0.1, -0.05) is 44.2 Å². The molecule has 0 unspecified atom stereocenters. The minimum atomic E-state index is -1.06. The highest BCUT2D eigenvalue weighted by Crippen LogP contribution is 2.12. The van der Waals surface area contributed by atoms with Crippen LogP contribution < -0.4 is 5.32 Å². The molecule has 19 heavy (non-hydrogen) atoms. The first-order valence-electron chi connectivity index (χ1n) is 6.38. The molecule has 0 aromatic heterocycles. The molecule has 0 spiro atoms. The Hall–Kier alpha value is -1.88. The lowest BCUT2D eigenvalue weighted by Crippen LogP contribution is -2.41. The van der Waals surface area contributed by atoms with E-state index in [1.807, 2.05) is 18.7 Å². The average Bonchev–Trinajstić information content (AvgIpc) is 2.42. The zero-order valence-electron chi connectivity index (χ0n) is 11.3. The Morgan fingerprint density at radius 1 is 1.21 bits per heavy atom. The van der Waals surface area contributed by atoms with E-state index in [2.05, 4.69) is 5.32 Å². The summed E-state index contributed by atoms with van der Waals surface area (Å²) in [5.74, 6) is -1.33. The molecule has 0 heterocycles. The van der Waals surface area contributed by atoms with E-state index in [0.29, 0.717) is 5.56 Å². The highest BCUT2D eigenvalue weighted by molar-refractivity contribution is 5.85. The fraction of sp³-hybridized carbons (Fsp3) is 0.429. The fourth-order valence-corrected chi connectivity index (χ4v) is 1.79. The first kappa shape index (κ1) is 15.2. The zero-order chi connectivity index (χ0) is 14.3. The first-order chi connectivity index (χ1) is 9.08. The number of benzene rings is 1. The third-order valence-corrected chi connectivity index (χ3v) is 2.95. The molecule has 1 aromatic carbocycles. The van der Waals surface area contributed by atoms with Gasteiger partial charge < -0.3 is 10.4 Å². The van der Waals surface area contributed by atoms with E-state index in [0.717, 1.165) is 13.1 Å². The lowest BCUT2D eigenvalue weighted by Gasteiger charge is -2.20. The molecule has 1 rings (SSSR count). The van der Waals surface area contributed by atoms with Gasteiger partial charge in [0, 0.05) is 0 Å². The summed E-state index contributed by atoms with van der Waals surface area (Å²) < 4.78 is 0. The third-order valence-electron chi connectivity index (χ3n) is 2.95. The first-order valence-corrected chi connectivity index (χ1v) is 6.38. The SMILES string of the molecule is CCN(CC)CC(=O)N[C@@H](C(=O)O)c1ccccc1. The smallest absolute Gasteiger partial charge is 0.330 e. The summed E-state index contributed by atoms with van der Waals surface area (Å²) in [5.41, 5.74) is 0.572. The molecular formula is C14H20N2O3.